The van der Waals surface area contributed by atoms with Gasteiger partial charge in [0.05, 0.1) is 28.1 Å². The molecule has 0 bridgehead atoms. The lowest BCUT2D eigenvalue weighted by molar-refractivity contribution is -0.119. The molecule has 31 heavy (non-hydrogen) atoms. The van der Waals surface area contributed by atoms with Crippen molar-refractivity contribution in [1.29, 1.82) is 0 Å². The van der Waals surface area contributed by atoms with Crippen molar-refractivity contribution in [3.8, 4) is 0 Å². The van der Waals surface area contributed by atoms with Gasteiger partial charge in [-0.05, 0) is 58.4 Å². The lowest BCUT2D eigenvalue weighted by Gasteiger charge is -2.15. The van der Waals surface area contributed by atoms with Crippen LogP contribution in [0, 0.1) is 0 Å². The number of rotatable bonds is 5. The highest BCUT2D eigenvalue weighted by Crippen LogP contribution is 2.29. The predicted molar refractivity (Wildman–Crippen MR) is 117 cm³/mol. The van der Waals surface area contributed by atoms with Gasteiger partial charge in [-0.25, -0.2) is 9.69 Å². The number of nitrogens with one attached hydrogen (secondary N) is 1. The molecule has 0 fully saturated rings. The first-order valence-electron chi connectivity index (χ1n) is 9.25. The molecule has 0 unspecified atom stereocenters. The minimum absolute atomic E-state index is 0.114. The van der Waals surface area contributed by atoms with Gasteiger partial charge in [0.25, 0.3) is 17.7 Å². The summed E-state index contributed by atoms with van der Waals surface area (Å²) in [5.41, 5.74) is 1.53. The molecule has 1 heterocycles. The Labute approximate surface area is 185 Å². The van der Waals surface area contributed by atoms with E-state index in [2.05, 4.69) is 21.2 Å². The molecule has 3 aromatic rings. The third-order valence-corrected chi connectivity index (χ3v) is 5.31. The monoisotopic (exact) mass is 478 g/mol. The van der Waals surface area contributed by atoms with Gasteiger partial charge in [0.15, 0.2) is 6.61 Å². The fraction of sp³-hybridized carbons (Fsp3) is 0.0435. The molecule has 154 valence electrons. The molecule has 1 aliphatic rings. The lowest BCUT2D eigenvalue weighted by atomic mass is 10.1. The predicted octanol–water partition coefficient (Wildman–Crippen LogP) is 4.05. The van der Waals surface area contributed by atoms with Crippen molar-refractivity contribution in [2.45, 2.75) is 0 Å². The maximum Gasteiger partial charge on any atom is 0.338 e. The molecule has 3 amide bonds. The molecule has 1 aliphatic heterocycles. The molecule has 4 rings (SSSR count). The fourth-order valence-electron chi connectivity index (χ4n) is 3.16. The van der Waals surface area contributed by atoms with Gasteiger partial charge < -0.3 is 10.1 Å². The molecule has 0 saturated carbocycles. The Morgan fingerprint density at radius 1 is 0.871 bits per heavy atom. The molecular weight excluding hydrogens is 464 g/mol. The van der Waals surface area contributed by atoms with Crippen LogP contribution in [-0.2, 0) is 9.53 Å². The van der Waals surface area contributed by atoms with E-state index < -0.39 is 30.3 Å². The number of benzene rings is 3. The summed E-state index contributed by atoms with van der Waals surface area (Å²) < 4.78 is 5.78. The van der Waals surface area contributed by atoms with Crippen LogP contribution in [-0.4, -0.2) is 30.3 Å². The van der Waals surface area contributed by atoms with Crippen molar-refractivity contribution in [2.24, 2.45) is 0 Å². The number of nitrogens with zero attached hydrogens (tertiary/aromatic N) is 1. The average Bonchev–Trinajstić information content (AvgIpc) is 3.04. The third kappa shape index (κ3) is 4.10. The molecule has 0 aliphatic carbocycles. The summed E-state index contributed by atoms with van der Waals surface area (Å²) in [5.74, 6) is -2.17. The van der Waals surface area contributed by atoms with E-state index in [1.807, 2.05) is 0 Å². The molecule has 0 radical (unpaired) electrons. The summed E-state index contributed by atoms with van der Waals surface area (Å²) in [6, 6.07) is 19.5. The Bertz CT molecular complexity index is 1190. The number of imide groups is 1. The van der Waals surface area contributed by atoms with Gasteiger partial charge in [-0.1, -0.05) is 30.3 Å². The summed E-state index contributed by atoms with van der Waals surface area (Å²) in [7, 11) is 0. The number of para-hydroxylation sites is 1. The number of esters is 1. The van der Waals surface area contributed by atoms with Crippen LogP contribution >= 0.6 is 15.9 Å². The van der Waals surface area contributed by atoms with E-state index in [9.17, 15) is 19.2 Å². The van der Waals surface area contributed by atoms with Crippen LogP contribution in [0.1, 0.15) is 31.1 Å². The number of anilines is 2. The van der Waals surface area contributed by atoms with E-state index in [-0.39, 0.29) is 11.3 Å². The maximum atomic E-state index is 12.6. The zero-order valence-corrected chi connectivity index (χ0v) is 17.6. The molecule has 1 N–H and O–H groups in total. The number of ether oxygens (including phenoxy) is 1. The van der Waals surface area contributed by atoms with E-state index in [0.29, 0.717) is 21.3 Å². The van der Waals surface area contributed by atoms with Crippen LogP contribution in [0.15, 0.2) is 77.3 Å². The Hall–Kier alpha value is -3.78. The summed E-state index contributed by atoms with van der Waals surface area (Å²) in [5, 5.41) is 2.63. The molecule has 8 heteroatoms. The van der Waals surface area contributed by atoms with Crippen molar-refractivity contribution in [3.05, 3.63) is 94.0 Å². The zero-order valence-electron chi connectivity index (χ0n) is 16.0. The zero-order chi connectivity index (χ0) is 22.0. The summed E-state index contributed by atoms with van der Waals surface area (Å²) in [6.45, 7) is -0.489. The van der Waals surface area contributed by atoms with E-state index in [0.717, 1.165) is 4.90 Å². The quantitative estimate of drug-likeness (QED) is 0.441. The molecule has 7 nitrogen and oxygen atoms in total. The van der Waals surface area contributed by atoms with Gasteiger partial charge in [0.2, 0.25) is 0 Å². The Balaban J connectivity index is 1.44. The van der Waals surface area contributed by atoms with Gasteiger partial charge in [-0.15, -0.1) is 0 Å². The number of hydrogen-bond donors (Lipinski definition) is 1. The minimum Gasteiger partial charge on any atom is -0.452 e. The van der Waals surface area contributed by atoms with Gasteiger partial charge in [-0.2, -0.15) is 0 Å². The smallest absolute Gasteiger partial charge is 0.338 e. The minimum atomic E-state index is -0.749. The summed E-state index contributed by atoms with van der Waals surface area (Å²) in [4.78, 5) is 50.8. The van der Waals surface area contributed by atoms with Crippen LogP contribution in [0.3, 0.4) is 0 Å². The molecule has 0 spiro atoms. The Morgan fingerprint density at radius 3 is 2.19 bits per heavy atom. The highest BCUT2D eigenvalue weighted by Gasteiger charge is 2.36. The second-order valence-corrected chi connectivity index (χ2v) is 7.50. The van der Waals surface area contributed by atoms with E-state index >= 15 is 0 Å². The van der Waals surface area contributed by atoms with Crippen molar-refractivity contribution in [1.82, 2.24) is 0 Å². The number of carbonyl (C=O) groups excluding carboxylic acids is 4. The average molecular weight is 479 g/mol. The van der Waals surface area contributed by atoms with Crippen molar-refractivity contribution in [2.75, 3.05) is 16.8 Å². The first-order valence-corrected chi connectivity index (χ1v) is 10.0. The summed E-state index contributed by atoms with van der Waals surface area (Å²) >= 11 is 3.32. The molecule has 0 atom stereocenters. The number of halogens is 1. The number of carbonyl (C=O) groups is 4. The van der Waals surface area contributed by atoms with Crippen LogP contribution in [0.4, 0.5) is 11.4 Å². The van der Waals surface area contributed by atoms with Gasteiger partial charge in [-0.3, -0.25) is 14.4 Å². The second-order valence-electron chi connectivity index (χ2n) is 6.65. The van der Waals surface area contributed by atoms with Crippen LogP contribution in [0.2, 0.25) is 0 Å². The first kappa shape index (κ1) is 20.5. The lowest BCUT2D eigenvalue weighted by Crippen LogP contribution is -2.29. The Kier molecular flexibility index (Phi) is 5.64. The SMILES string of the molecule is O=C(COC(=O)c1cccc(N2C(=O)c3ccccc3C2=O)c1)Nc1ccccc1Br. The van der Waals surface area contributed by atoms with E-state index in [1.54, 1.807) is 54.6 Å². The second kappa shape index (κ2) is 8.53. The molecule has 0 saturated heterocycles. The highest BCUT2D eigenvalue weighted by atomic mass is 79.9. The van der Waals surface area contributed by atoms with Gasteiger partial charge >= 0.3 is 5.97 Å². The van der Waals surface area contributed by atoms with Crippen molar-refractivity contribution >= 4 is 51.0 Å². The fourth-order valence-corrected chi connectivity index (χ4v) is 3.54. The van der Waals surface area contributed by atoms with Gasteiger partial charge in [0, 0.05) is 4.47 Å². The van der Waals surface area contributed by atoms with E-state index in [1.165, 1.54) is 18.2 Å². The Morgan fingerprint density at radius 2 is 1.52 bits per heavy atom. The summed E-state index contributed by atoms with van der Waals surface area (Å²) in [6.07, 6.45) is 0. The van der Waals surface area contributed by atoms with Crippen LogP contribution in [0.25, 0.3) is 0 Å². The van der Waals surface area contributed by atoms with Crippen LogP contribution in [0.5, 0.6) is 0 Å². The standard InChI is InChI=1S/C23H15BrN2O5/c24-18-10-3-4-11-19(18)25-20(27)13-31-23(30)14-6-5-7-15(12-14)26-21(28)16-8-1-2-9-17(16)22(26)29/h1-12H,13H2,(H,25,27). The highest BCUT2D eigenvalue weighted by molar-refractivity contribution is 9.10. The largest absolute Gasteiger partial charge is 0.452 e. The van der Waals surface area contributed by atoms with Gasteiger partial charge in [0.1, 0.15) is 0 Å². The van der Waals surface area contributed by atoms with Crippen molar-refractivity contribution in [3.63, 3.8) is 0 Å². The number of amides is 3. The topological polar surface area (TPSA) is 92.8 Å². The maximum absolute atomic E-state index is 12.6. The van der Waals surface area contributed by atoms with Crippen molar-refractivity contribution < 1.29 is 23.9 Å². The van der Waals surface area contributed by atoms with E-state index in [4.69, 9.17) is 4.74 Å². The first-order chi connectivity index (χ1) is 15.0. The number of fused-ring (bicyclic) bond motifs is 1. The third-order valence-electron chi connectivity index (χ3n) is 4.62. The molecule has 0 aromatic heterocycles. The normalized spacial score (nSPS) is 12.5. The van der Waals surface area contributed by atoms with Crippen LogP contribution < -0.4 is 10.2 Å². The number of hydrogen-bond acceptors (Lipinski definition) is 5. The molecule has 3 aromatic carbocycles. The molecular formula is C23H15BrN2O5.